The molecule has 0 fully saturated rings. The predicted octanol–water partition coefficient (Wildman–Crippen LogP) is 1.55. The van der Waals surface area contributed by atoms with Crippen molar-refractivity contribution in [3.63, 3.8) is 0 Å². The van der Waals surface area contributed by atoms with Crippen molar-refractivity contribution >= 4 is 11.6 Å². The Morgan fingerprint density at radius 2 is 2.05 bits per heavy atom. The number of amides is 1. The molecule has 1 aromatic carbocycles. The van der Waals surface area contributed by atoms with E-state index in [2.05, 4.69) is 5.32 Å². The fraction of sp³-hybridized carbons (Fsp3) is 0.533. The van der Waals surface area contributed by atoms with Crippen molar-refractivity contribution in [2.45, 2.75) is 25.3 Å². The highest BCUT2D eigenvalue weighted by molar-refractivity contribution is 6.07. The number of methoxy groups -OCH3 is 1. The first kappa shape index (κ1) is 14.0. The van der Waals surface area contributed by atoms with Gasteiger partial charge in [-0.2, -0.15) is 0 Å². The van der Waals surface area contributed by atoms with E-state index < -0.39 is 5.41 Å². The molecule has 19 heavy (non-hydrogen) atoms. The minimum atomic E-state index is -0.443. The number of nitrogens with zero attached hydrogens (tertiary/aromatic N) is 1. The number of anilines is 1. The zero-order valence-electron chi connectivity index (χ0n) is 12.1. The molecule has 0 saturated carbocycles. The van der Waals surface area contributed by atoms with E-state index in [4.69, 9.17) is 4.74 Å². The standard InChI is InChI=1S/C15H22N2O2/c1-15(2)12-7-5-6-8-13(12)17(14(15)18)9-11(16-3)10-19-4/h5-8,11,16H,9-10H2,1-4H3. The molecule has 0 radical (unpaired) electrons. The number of ether oxygens (including phenoxy) is 1. The maximum Gasteiger partial charge on any atom is 0.237 e. The van der Waals surface area contributed by atoms with Crippen LogP contribution in [0.4, 0.5) is 5.69 Å². The SMILES string of the molecule is CNC(COC)CN1C(=O)C(C)(C)c2ccccc21. The van der Waals surface area contributed by atoms with Crippen LogP contribution < -0.4 is 10.2 Å². The number of likely N-dealkylation sites (N-methyl/N-ethyl adjacent to an activating group) is 1. The Kier molecular flexibility index (Phi) is 3.92. The monoisotopic (exact) mass is 262 g/mol. The van der Waals surface area contributed by atoms with Crippen molar-refractivity contribution in [2.75, 3.05) is 32.2 Å². The number of carbonyl (C=O) groups excluding carboxylic acids is 1. The maximum atomic E-state index is 12.6. The number of para-hydroxylation sites is 1. The molecule has 0 aromatic heterocycles. The van der Waals surface area contributed by atoms with Gasteiger partial charge in [0.25, 0.3) is 0 Å². The molecule has 2 rings (SSSR count). The highest BCUT2D eigenvalue weighted by Gasteiger charge is 2.43. The van der Waals surface area contributed by atoms with Crippen LogP contribution in [-0.4, -0.2) is 39.3 Å². The molecular formula is C15H22N2O2. The van der Waals surface area contributed by atoms with Gasteiger partial charge in [0.2, 0.25) is 5.91 Å². The lowest BCUT2D eigenvalue weighted by Crippen LogP contribution is -2.46. The maximum absolute atomic E-state index is 12.6. The summed E-state index contributed by atoms with van der Waals surface area (Å²) in [5, 5.41) is 3.19. The Labute approximate surface area is 114 Å². The second kappa shape index (κ2) is 5.31. The van der Waals surface area contributed by atoms with E-state index in [-0.39, 0.29) is 11.9 Å². The van der Waals surface area contributed by atoms with Crippen molar-refractivity contribution in [1.82, 2.24) is 5.32 Å². The second-order valence-corrected chi connectivity index (χ2v) is 5.50. The number of hydrogen-bond donors (Lipinski definition) is 1. The Balaban J connectivity index is 2.29. The van der Waals surface area contributed by atoms with Gasteiger partial charge in [-0.25, -0.2) is 0 Å². The van der Waals surface area contributed by atoms with Gasteiger partial charge in [-0.1, -0.05) is 18.2 Å². The van der Waals surface area contributed by atoms with Gasteiger partial charge in [-0.15, -0.1) is 0 Å². The smallest absolute Gasteiger partial charge is 0.237 e. The predicted molar refractivity (Wildman–Crippen MR) is 76.5 cm³/mol. The Morgan fingerprint density at radius 3 is 2.68 bits per heavy atom. The molecule has 1 aliphatic rings. The van der Waals surface area contributed by atoms with Crippen LogP contribution in [0.1, 0.15) is 19.4 Å². The van der Waals surface area contributed by atoms with Gasteiger partial charge < -0.3 is 15.0 Å². The number of benzene rings is 1. The number of fused-ring (bicyclic) bond motifs is 1. The van der Waals surface area contributed by atoms with Gasteiger partial charge >= 0.3 is 0 Å². The molecule has 4 nitrogen and oxygen atoms in total. The Morgan fingerprint density at radius 1 is 1.37 bits per heavy atom. The summed E-state index contributed by atoms with van der Waals surface area (Å²) < 4.78 is 5.18. The lowest BCUT2D eigenvalue weighted by molar-refractivity contribution is -0.122. The summed E-state index contributed by atoms with van der Waals surface area (Å²) in [6.07, 6.45) is 0. The first-order valence-corrected chi connectivity index (χ1v) is 6.60. The number of carbonyl (C=O) groups is 1. The summed E-state index contributed by atoms with van der Waals surface area (Å²) in [5.41, 5.74) is 1.68. The van der Waals surface area contributed by atoms with Crippen molar-refractivity contribution in [1.29, 1.82) is 0 Å². The van der Waals surface area contributed by atoms with Crippen molar-refractivity contribution < 1.29 is 9.53 Å². The van der Waals surface area contributed by atoms with Gasteiger partial charge in [0, 0.05) is 25.4 Å². The fourth-order valence-corrected chi connectivity index (χ4v) is 2.63. The van der Waals surface area contributed by atoms with Crippen LogP contribution in [0.25, 0.3) is 0 Å². The molecule has 4 heteroatoms. The first-order valence-electron chi connectivity index (χ1n) is 6.60. The number of rotatable bonds is 5. The quantitative estimate of drug-likeness (QED) is 0.875. The Bertz CT molecular complexity index is 471. The van der Waals surface area contributed by atoms with Crippen molar-refractivity contribution in [3.05, 3.63) is 29.8 Å². The third kappa shape index (κ3) is 2.38. The van der Waals surface area contributed by atoms with E-state index in [1.807, 2.05) is 50.1 Å². The van der Waals surface area contributed by atoms with E-state index in [1.165, 1.54) is 0 Å². The zero-order chi connectivity index (χ0) is 14.0. The van der Waals surface area contributed by atoms with Gasteiger partial charge in [0.05, 0.1) is 12.0 Å². The zero-order valence-corrected chi connectivity index (χ0v) is 12.1. The van der Waals surface area contributed by atoms with Crippen LogP contribution >= 0.6 is 0 Å². The molecule has 1 aromatic rings. The molecular weight excluding hydrogens is 240 g/mol. The van der Waals surface area contributed by atoms with E-state index in [0.29, 0.717) is 13.2 Å². The molecule has 104 valence electrons. The van der Waals surface area contributed by atoms with Gasteiger partial charge in [-0.05, 0) is 32.5 Å². The van der Waals surface area contributed by atoms with Gasteiger partial charge in [-0.3, -0.25) is 4.79 Å². The van der Waals surface area contributed by atoms with E-state index >= 15 is 0 Å². The van der Waals surface area contributed by atoms with E-state index in [1.54, 1.807) is 7.11 Å². The third-order valence-electron chi connectivity index (χ3n) is 3.83. The second-order valence-electron chi connectivity index (χ2n) is 5.50. The topological polar surface area (TPSA) is 41.6 Å². The minimum Gasteiger partial charge on any atom is -0.383 e. The number of nitrogens with one attached hydrogen (secondary N) is 1. The van der Waals surface area contributed by atoms with Crippen LogP contribution in [0.2, 0.25) is 0 Å². The molecule has 1 heterocycles. The number of hydrogen-bond acceptors (Lipinski definition) is 3. The first-order chi connectivity index (χ1) is 9.02. The molecule has 0 saturated heterocycles. The molecule has 0 aliphatic carbocycles. The van der Waals surface area contributed by atoms with Crippen LogP contribution in [0.15, 0.2) is 24.3 Å². The van der Waals surface area contributed by atoms with Crippen LogP contribution in [0, 0.1) is 0 Å². The summed E-state index contributed by atoms with van der Waals surface area (Å²) in [6.45, 7) is 5.18. The van der Waals surface area contributed by atoms with Crippen LogP contribution in [-0.2, 0) is 14.9 Å². The Hall–Kier alpha value is -1.39. The van der Waals surface area contributed by atoms with Crippen molar-refractivity contribution in [2.24, 2.45) is 0 Å². The molecule has 1 unspecified atom stereocenters. The van der Waals surface area contributed by atoms with Crippen molar-refractivity contribution in [3.8, 4) is 0 Å². The van der Waals surface area contributed by atoms with Crippen LogP contribution in [0.3, 0.4) is 0 Å². The highest BCUT2D eigenvalue weighted by atomic mass is 16.5. The lowest BCUT2D eigenvalue weighted by atomic mass is 9.86. The highest BCUT2D eigenvalue weighted by Crippen LogP contribution is 2.41. The van der Waals surface area contributed by atoms with Gasteiger partial charge in [0.1, 0.15) is 0 Å². The normalized spacial score (nSPS) is 18.5. The lowest BCUT2D eigenvalue weighted by Gasteiger charge is -2.25. The van der Waals surface area contributed by atoms with E-state index in [0.717, 1.165) is 11.3 Å². The largest absolute Gasteiger partial charge is 0.383 e. The average molecular weight is 262 g/mol. The summed E-state index contributed by atoms with van der Waals surface area (Å²) in [5.74, 6) is 0.157. The third-order valence-corrected chi connectivity index (χ3v) is 3.83. The molecule has 1 aliphatic heterocycles. The molecule has 0 spiro atoms. The fourth-order valence-electron chi connectivity index (χ4n) is 2.63. The van der Waals surface area contributed by atoms with Crippen LogP contribution in [0.5, 0.6) is 0 Å². The minimum absolute atomic E-state index is 0.135. The summed E-state index contributed by atoms with van der Waals surface area (Å²) >= 11 is 0. The molecule has 1 atom stereocenters. The molecule has 1 amide bonds. The van der Waals surface area contributed by atoms with E-state index in [9.17, 15) is 4.79 Å². The average Bonchev–Trinajstić information content (AvgIpc) is 2.60. The summed E-state index contributed by atoms with van der Waals surface area (Å²) in [7, 11) is 3.56. The summed E-state index contributed by atoms with van der Waals surface area (Å²) in [4.78, 5) is 14.5. The summed E-state index contributed by atoms with van der Waals surface area (Å²) in [6, 6.07) is 8.16. The molecule has 0 bridgehead atoms. The van der Waals surface area contributed by atoms with Gasteiger partial charge in [0.15, 0.2) is 0 Å². The molecule has 1 N–H and O–H groups in total.